The highest BCUT2D eigenvalue weighted by Crippen LogP contribution is 2.10. The SMILES string of the molecule is CCCNS(=O)(=O)N(C)C(=O)OC(C)(C)C. The predicted molar refractivity (Wildman–Crippen MR) is 61.2 cm³/mol. The molecule has 0 fully saturated rings. The predicted octanol–water partition coefficient (Wildman–Crippen LogP) is 1.10. The molecule has 0 atom stereocenters. The molecule has 1 amide bonds. The molecular formula is C9H20N2O4S. The first-order valence-corrected chi connectivity index (χ1v) is 6.50. The van der Waals surface area contributed by atoms with Gasteiger partial charge in [0.25, 0.3) is 0 Å². The van der Waals surface area contributed by atoms with Gasteiger partial charge in [0.2, 0.25) is 0 Å². The maximum absolute atomic E-state index is 11.5. The van der Waals surface area contributed by atoms with E-state index in [1.807, 2.05) is 6.92 Å². The minimum absolute atomic E-state index is 0.287. The average Bonchev–Trinajstić information content (AvgIpc) is 2.10. The van der Waals surface area contributed by atoms with E-state index in [1.54, 1.807) is 20.8 Å². The summed E-state index contributed by atoms with van der Waals surface area (Å²) in [7, 11) is -2.63. The Kier molecular flexibility index (Phi) is 5.21. The molecule has 0 aromatic rings. The molecule has 0 bridgehead atoms. The minimum Gasteiger partial charge on any atom is -0.443 e. The van der Waals surface area contributed by atoms with Crippen LogP contribution in [0.15, 0.2) is 0 Å². The van der Waals surface area contributed by atoms with Crippen molar-refractivity contribution in [2.75, 3.05) is 13.6 Å². The number of amides is 1. The maximum atomic E-state index is 11.5. The van der Waals surface area contributed by atoms with Crippen molar-refractivity contribution in [2.24, 2.45) is 0 Å². The number of carbonyl (C=O) groups is 1. The minimum atomic E-state index is -3.79. The Morgan fingerprint density at radius 3 is 2.25 bits per heavy atom. The van der Waals surface area contributed by atoms with E-state index in [9.17, 15) is 13.2 Å². The van der Waals surface area contributed by atoms with Gasteiger partial charge in [0.05, 0.1) is 0 Å². The van der Waals surface area contributed by atoms with Gasteiger partial charge in [-0.2, -0.15) is 17.4 Å². The fraction of sp³-hybridized carbons (Fsp3) is 0.889. The van der Waals surface area contributed by atoms with Crippen LogP contribution < -0.4 is 4.72 Å². The lowest BCUT2D eigenvalue weighted by Gasteiger charge is -2.24. The van der Waals surface area contributed by atoms with Crippen LogP contribution in [0.3, 0.4) is 0 Å². The molecule has 0 rings (SSSR count). The Morgan fingerprint density at radius 2 is 1.88 bits per heavy atom. The fourth-order valence-corrected chi connectivity index (χ4v) is 1.64. The van der Waals surface area contributed by atoms with E-state index in [-0.39, 0.29) is 6.54 Å². The zero-order chi connectivity index (χ0) is 13.0. The summed E-state index contributed by atoms with van der Waals surface area (Å²) in [5.41, 5.74) is -0.717. The van der Waals surface area contributed by atoms with Crippen LogP contribution in [0.2, 0.25) is 0 Å². The Balaban J connectivity index is 4.55. The fourth-order valence-electron chi connectivity index (χ4n) is 0.752. The molecule has 0 aliphatic heterocycles. The summed E-state index contributed by atoms with van der Waals surface area (Å²) < 4.78 is 30.8. The Bertz CT molecular complexity index is 332. The zero-order valence-corrected chi connectivity index (χ0v) is 11.2. The standard InChI is InChI=1S/C9H20N2O4S/c1-6-7-10-16(13,14)11(5)8(12)15-9(2,3)4/h10H,6-7H2,1-5H3. The van der Waals surface area contributed by atoms with Gasteiger partial charge in [-0.05, 0) is 27.2 Å². The molecule has 6 nitrogen and oxygen atoms in total. The highest BCUT2D eigenvalue weighted by atomic mass is 32.2. The number of hydrogen-bond acceptors (Lipinski definition) is 4. The number of hydrogen-bond donors (Lipinski definition) is 1. The highest BCUT2D eigenvalue weighted by Gasteiger charge is 2.27. The Morgan fingerprint density at radius 1 is 1.38 bits per heavy atom. The van der Waals surface area contributed by atoms with Gasteiger partial charge < -0.3 is 4.74 Å². The lowest BCUT2D eigenvalue weighted by atomic mass is 10.2. The average molecular weight is 252 g/mol. The Hall–Kier alpha value is -0.820. The first-order chi connectivity index (χ1) is 7.10. The topological polar surface area (TPSA) is 75.7 Å². The lowest BCUT2D eigenvalue weighted by Crippen LogP contribution is -2.44. The molecule has 96 valence electrons. The summed E-state index contributed by atoms with van der Waals surface area (Å²) >= 11 is 0. The third-order valence-corrected chi connectivity index (χ3v) is 2.98. The van der Waals surface area contributed by atoms with Gasteiger partial charge in [0.1, 0.15) is 5.60 Å². The summed E-state index contributed by atoms with van der Waals surface area (Å²) in [6, 6.07) is 0. The molecule has 0 saturated carbocycles. The molecule has 0 radical (unpaired) electrons. The second-order valence-electron chi connectivity index (χ2n) is 4.35. The normalized spacial score (nSPS) is 12.3. The van der Waals surface area contributed by atoms with Crippen LogP contribution >= 0.6 is 0 Å². The van der Waals surface area contributed by atoms with Gasteiger partial charge in [0.15, 0.2) is 0 Å². The van der Waals surface area contributed by atoms with Crippen molar-refractivity contribution in [3.05, 3.63) is 0 Å². The van der Waals surface area contributed by atoms with Crippen molar-refractivity contribution in [3.8, 4) is 0 Å². The van der Waals surface area contributed by atoms with Crippen molar-refractivity contribution in [1.29, 1.82) is 0 Å². The second kappa shape index (κ2) is 5.49. The van der Waals surface area contributed by atoms with Gasteiger partial charge in [0, 0.05) is 13.6 Å². The molecule has 16 heavy (non-hydrogen) atoms. The van der Waals surface area contributed by atoms with E-state index in [0.29, 0.717) is 10.7 Å². The molecule has 0 aromatic heterocycles. The monoisotopic (exact) mass is 252 g/mol. The van der Waals surface area contributed by atoms with E-state index in [0.717, 1.165) is 7.05 Å². The van der Waals surface area contributed by atoms with Crippen molar-refractivity contribution < 1.29 is 17.9 Å². The molecule has 0 aliphatic carbocycles. The van der Waals surface area contributed by atoms with E-state index in [1.165, 1.54) is 0 Å². The summed E-state index contributed by atoms with van der Waals surface area (Å²) in [5.74, 6) is 0. The molecule has 0 spiro atoms. The van der Waals surface area contributed by atoms with Gasteiger partial charge in [-0.15, -0.1) is 0 Å². The third kappa shape index (κ3) is 5.32. The summed E-state index contributed by atoms with van der Waals surface area (Å²) in [6.45, 7) is 7.13. The molecule has 0 saturated heterocycles. The van der Waals surface area contributed by atoms with Crippen LogP contribution in [0, 0.1) is 0 Å². The van der Waals surface area contributed by atoms with Gasteiger partial charge >= 0.3 is 16.3 Å². The molecule has 7 heteroatoms. The van der Waals surface area contributed by atoms with Crippen LogP contribution in [-0.4, -0.2) is 38.0 Å². The van der Waals surface area contributed by atoms with Crippen molar-refractivity contribution >= 4 is 16.3 Å². The largest absolute Gasteiger partial charge is 0.443 e. The van der Waals surface area contributed by atoms with Gasteiger partial charge in [-0.3, -0.25) is 0 Å². The molecular weight excluding hydrogens is 232 g/mol. The van der Waals surface area contributed by atoms with E-state index >= 15 is 0 Å². The Labute approximate surface area is 97.1 Å². The van der Waals surface area contributed by atoms with E-state index in [2.05, 4.69) is 4.72 Å². The first-order valence-electron chi connectivity index (χ1n) is 5.06. The quantitative estimate of drug-likeness (QED) is 0.813. The zero-order valence-electron chi connectivity index (χ0n) is 10.4. The second-order valence-corrected chi connectivity index (χ2v) is 6.13. The molecule has 0 aromatic carbocycles. The molecule has 0 unspecified atom stereocenters. The number of carbonyl (C=O) groups excluding carboxylic acids is 1. The van der Waals surface area contributed by atoms with Crippen LogP contribution in [-0.2, 0) is 14.9 Å². The van der Waals surface area contributed by atoms with Gasteiger partial charge in [-0.1, -0.05) is 6.92 Å². The van der Waals surface area contributed by atoms with Crippen LogP contribution in [0.25, 0.3) is 0 Å². The number of nitrogens with zero attached hydrogens (tertiary/aromatic N) is 1. The van der Waals surface area contributed by atoms with Gasteiger partial charge in [-0.25, -0.2) is 4.79 Å². The summed E-state index contributed by atoms with van der Waals surface area (Å²) in [4.78, 5) is 11.5. The van der Waals surface area contributed by atoms with E-state index in [4.69, 9.17) is 4.74 Å². The third-order valence-electron chi connectivity index (χ3n) is 1.55. The number of ether oxygens (including phenoxy) is 1. The van der Waals surface area contributed by atoms with Crippen LogP contribution in [0.5, 0.6) is 0 Å². The van der Waals surface area contributed by atoms with E-state index < -0.39 is 21.9 Å². The van der Waals surface area contributed by atoms with Crippen LogP contribution in [0.4, 0.5) is 4.79 Å². The van der Waals surface area contributed by atoms with Crippen molar-refractivity contribution in [1.82, 2.24) is 9.03 Å². The number of rotatable bonds is 4. The summed E-state index contributed by atoms with van der Waals surface area (Å²) in [5, 5.41) is 0. The van der Waals surface area contributed by atoms with Crippen molar-refractivity contribution in [2.45, 2.75) is 39.7 Å². The smallest absolute Gasteiger partial charge is 0.424 e. The highest BCUT2D eigenvalue weighted by molar-refractivity contribution is 7.87. The first kappa shape index (κ1) is 15.2. The molecule has 0 aliphatic rings. The molecule has 1 N–H and O–H groups in total. The lowest BCUT2D eigenvalue weighted by molar-refractivity contribution is 0.0419. The summed E-state index contributed by atoms with van der Waals surface area (Å²) in [6.07, 6.45) is -0.238. The van der Waals surface area contributed by atoms with Crippen LogP contribution in [0.1, 0.15) is 34.1 Å². The number of nitrogens with one attached hydrogen (secondary N) is 1. The maximum Gasteiger partial charge on any atom is 0.424 e. The van der Waals surface area contributed by atoms with Crippen molar-refractivity contribution in [3.63, 3.8) is 0 Å². The molecule has 0 heterocycles.